The number of aliphatic hydroxyl groups is 1. The van der Waals surface area contributed by atoms with Gasteiger partial charge in [-0.2, -0.15) is 0 Å². The lowest BCUT2D eigenvalue weighted by molar-refractivity contribution is -0.137. The summed E-state index contributed by atoms with van der Waals surface area (Å²) in [7, 11) is 0. The number of H-pyrrole nitrogens is 2. The van der Waals surface area contributed by atoms with Crippen LogP contribution >= 0.6 is 0 Å². The minimum Gasteiger partial charge on any atom is -0.488 e. The number of carbonyl (C=O) groups excluding carboxylic acids is 2. The Bertz CT molecular complexity index is 2470. The predicted molar refractivity (Wildman–Crippen MR) is 244 cm³/mol. The normalized spacial score (nSPS) is 23.2. The quantitative estimate of drug-likeness (QED) is 0.0959. The summed E-state index contributed by atoms with van der Waals surface area (Å²) in [6.45, 7) is 16.9. The molecule has 0 radical (unpaired) electrons. The Labute approximate surface area is 370 Å². The molecule has 13 nitrogen and oxygen atoms in total. The zero-order chi connectivity index (χ0) is 44.2. The van der Waals surface area contributed by atoms with Crippen molar-refractivity contribution in [2.24, 2.45) is 17.3 Å². The number of benzene rings is 3. The fourth-order valence-electron chi connectivity index (χ4n) is 10.5. The zero-order valence-electron chi connectivity index (χ0n) is 38.0. The van der Waals surface area contributed by atoms with Gasteiger partial charge in [0.15, 0.2) is 0 Å². The minimum atomic E-state index is -0.715. The number of aliphatic hydroxyl groups excluding tert-OH is 1. The highest BCUT2D eigenvalue weighted by atomic mass is 16.5. The maximum atomic E-state index is 14.2. The largest absolute Gasteiger partial charge is 0.488 e. The molecule has 0 aliphatic carbocycles. The lowest BCUT2D eigenvalue weighted by Gasteiger charge is -2.40. The molecule has 2 aromatic heterocycles. The minimum absolute atomic E-state index is 0.0136. The first-order valence-electron chi connectivity index (χ1n) is 23.3. The first-order chi connectivity index (χ1) is 30.3. The van der Waals surface area contributed by atoms with Crippen molar-refractivity contribution < 1.29 is 28.9 Å². The van der Waals surface area contributed by atoms with E-state index in [0.717, 1.165) is 132 Å². The highest BCUT2D eigenvalue weighted by Gasteiger charge is 2.43. The van der Waals surface area contributed by atoms with E-state index in [9.17, 15) is 14.7 Å². The summed E-state index contributed by atoms with van der Waals surface area (Å²) in [6, 6.07) is 14.3. The molecule has 5 aromatic rings. The molecule has 63 heavy (non-hydrogen) atoms. The van der Waals surface area contributed by atoms with Gasteiger partial charge in [0.05, 0.1) is 41.6 Å². The highest BCUT2D eigenvalue weighted by Crippen LogP contribution is 2.45. The van der Waals surface area contributed by atoms with E-state index in [4.69, 9.17) is 24.2 Å². The summed E-state index contributed by atoms with van der Waals surface area (Å²) in [6.07, 6.45) is 7.85. The second kappa shape index (κ2) is 17.5. The summed E-state index contributed by atoms with van der Waals surface area (Å²) in [4.78, 5) is 48.4. The number of fused-ring (bicyclic) bond motifs is 6. The van der Waals surface area contributed by atoms with Crippen LogP contribution in [0.25, 0.3) is 44.2 Å². The van der Waals surface area contributed by atoms with Gasteiger partial charge in [-0.3, -0.25) is 9.69 Å². The molecular weight excluding hydrogens is 795 g/mol. The van der Waals surface area contributed by atoms with Crippen LogP contribution in [0.15, 0.2) is 48.7 Å². The van der Waals surface area contributed by atoms with Gasteiger partial charge in [-0.25, -0.2) is 14.8 Å². The zero-order valence-corrected chi connectivity index (χ0v) is 38.0. The van der Waals surface area contributed by atoms with Crippen molar-refractivity contribution in [1.29, 1.82) is 0 Å². The van der Waals surface area contributed by atoms with Crippen LogP contribution in [-0.2, 0) is 20.9 Å². The van der Waals surface area contributed by atoms with Crippen LogP contribution in [-0.4, -0.2) is 91.0 Å². The third kappa shape index (κ3) is 8.56. The van der Waals surface area contributed by atoms with E-state index >= 15 is 0 Å². The van der Waals surface area contributed by atoms with Crippen LogP contribution in [0.3, 0.4) is 0 Å². The van der Waals surface area contributed by atoms with E-state index in [1.54, 1.807) is 0 Å². The topological polar surface area (TPSA) is 158 Å². The Kier molecular flexibility index (Phi) is 12.0. The van der Waals surface area contributed by atoms with Gasteiger partial charge in [0, 0.05) is 36.2 Å². The summed E-state index contributed by atoms with van der Waals surface area (Å²) < 4.78 is 17.5. The molecule has 2 amide bonds. The van der Waals surface area contributed by atoms with Crippen molar-refractivity contribution in [3.63, 3.8) is 0 Å². The van der Waals surface area contributed by atoms with Crippen molar-refractivity contribution in [2.45, 2.75) is 143 Å². The molecule has 4 N–H and O–H groups in total. The number of imidazole rings is 2. The van der Waals surface area contributed by atoms with Gasteiger partial charge in [-0.1, -0.05) is 52.8 Å². The average Bonchev–Trinajstić information content (AvgIpc) is 4.07. The molecule has 9 rings (SSSR count). The Morgan fingerprint density at radius 2 is 1.73 bits per heavy atom. The van der Waals surface area contributed by atoms with Crippen LogP contribution < -0.4 is 10.1 Å². The number of carbonyl (C=O) groups is 2. The summed E-state index contributed by atoms with van der Waals surface area (Å²) >= 11 is 0. The van der Waals surface area contributed by atoms with Crippen molar-refractivity contribution in [3.8, 4) is 28.1 Å². The number of amides is 2. The smallest absolute Gasteiger partial charge is 0.407 e. The van der Waals surface area contributed by atoms with Gasteiger partial charge >= 0.3 is 6.09 Å². The van der Waals surface area contributed by atoms with E-state index in [1.165, 1.54) is 0 Å². The fraction of sp³-hybridized carbons (Fsp3) is 0.560. The molecule has 6 atom stereocenters. The summed E-state index contributed by atoms with van der Waals surface area (Å²) in [5, 5.41) is 16.5. The second-order valence-electron chi connectivity index (χ2n) is 19.9. The number of alkyl carbamates (subject to hydrolysis) is 1. The lowest BCUT2D eigenvalue weighted by Crippen LogP contribution is -2.52. The molecular formula is C50H65N7O6. The van der Waals surface area contributed by atoms with Crippen molar-refractivity contribution in [3.05, 3.63) is 65.9 Å². The van der Waals surface area contributed by atoms with Gasteiger partial charge < -0.3 is 39.5 Å². The van der Waals surface area contributed by atoms with Gasteiger partial charge in [0.2, 0.25) is 5.91 Å². The molecule has 4 aliphatic rings. The molecule has 6 unspecified atom stereocenters. The van der Waals surface area contributed by atoms with E-state index in [-0.39, 0.29) is 41.4 Å². The Hall–Kier alpha value is -4.98. The summed E-state index contributed by atoms with van der Waals surface area (Å²) in [5.74, 6) is 2.62. The maximum Gasteiger partial charge on any atom is 0.407 e. The first kappa shape index (κ1) is 43.3. The Morgan fingerprint density at radius 1 is 0.952 bits per heavy atom. The van der Waals surface area contributed by atoms with Gasteiger partial charge in [0.1, 0.15) is 36.3 Å². The molecule has 3 aromatic carbocycles. The number of ether oxygens (including phenoxy) is 3. The predicted octanol–water partition coefficient (Wildman–Crippen LogP) is 9.57. The van der Waals surface area contributed by atoms with E-state index in [1.807, 2.05) is 24.9 Å². The third-order valence-electron chi connectivity index (χ3n) is 14.4. The van der Waals surface area contributed by atoms with Crippen LogP contribution in [0, 0.1) is 17.3 Å². The van der Waals surface area contributed by atoms with E-state index < -0.39 is 18.4 Å². The molecule has 0 bridgehead atoms. The molecule has 0 saturated carbocycles. The number of aromatic amines is 2. The van der Waals surface area contributed by atoms with Gasteiger partial charge in [-0.05, 0) is 129 Å². The third-order valence-corrected chi connectivity index (χ3v) is 14.4. The average molecular weight is 860 g/mol. The molecule has 3 fully saturated rings. The van der Waals surface area contributed by atoms with Crippen molar-refractivity contribution >= 4 is 33.8 Å². The number of nitrogens with one attached hydrogen (secondary N) is 3. The van der Waals surface area contributed by atoms with Crippen molar-refractivity contribution in [2.75, 3.05) is 19.8 Å². The van der Waals surface area contributed by atoms with Gasteiger partial charge in [-0.15, -0.1) is 0 Å². The number of aromatic nitrogens is 4. The standard InChI is InChI=1S/C50H65N7O6/c1-28(2)16-19-62-49(60)55-44(29(3)4)48(59)57-31(6)9-15-41(57)47-52-38-13-11-32-23-37-35-12-10-33(22-34(35)27-63-42(37)24-36(32)45(38)54-47)39-26-51-46(53-39)40-14-8-30(5)56(40)43(58)25-50(7)17-20-61-21-18-50/h10-13,22-24,26,28-31,40-41,43-44,58H,8-9,14-21,25,27H2,1-7H3,(H,51,53)(H,52,54)(H,55,60). The van der Waals surface area contributed by atoms with Crippen LogP contribution in [0.2, 0.25) is 0 Å². The molecule has 3 saturated heterocycles. The van der Waals surface area contributed by atoms with Crippen molar-refractivity contribution in [1.82, 2.24) is 35.1 Å². The number of hydrogen-bond acceptors (Lipinski definition) is 9. The fourth-order valence-corrected chi connectivity index (χ4v) is 10.5. The first-order valence-corrected chi connectivity index (χ1v) is 23.3. The summed E-state index contributed by atoms with van der Waals surface area (Å²) in [5.41, 5.74) is 7.09. The molecule has 0 spiro atoms. The maximum absolute atomic E-state index is 14.2. The number of rotatable bonds is 12. The van der Waals surface area contributed by atoms with E-state index in [0.29, 0.717) is 19.1 Å². The molecule has 336 valence electrons. The SMILES string of the molecule is CC(C)CCOC(=O)NC(C(=O)N1C(C)CCC1c1nc2c(ccc3cc4c(cc32)OCc2cc(-c3cnc(C5CCC(C)N5C(O)CC5(C)CCOCC5)[nH]3)ccc2-4)[nH]1)C(C)C. The number of nitrogens with zero attached hydrogens (tertiary/aromatic N) is 4. The number of hydrogen-bond donors (Lipinski definition) is 4. The van der Waals surface area contributed by atoms with Crippen LogP contribution in [0.5, 0.6) is 5.75 Å². The highest BCUT2D eigenvalue weighted by molar-refractivity contribution is 6.07. The Balaban J connectivity index is 0.933. The van der Waals surface area contributed by atoms with Crippen LogP contribution in [0.4, 0.5) is 4.79 Å². The molecule has 6 heterocycles. The van der Waals surface area contributed by atoms with Gasteiger partial charge in [0.25, 0.3) is 0 Å². The lowest BCUT2D eigenvalue weighted by atomic mass is 9.78. The monoisotopic (exact) mass is 859 g/mol. The molecule has 4 aliphatic heterocycles. The van der Waals surface area contributed by atoms with E-state index in [2.05, 4.69) is 97.3 Å². The molecule has 13 heteroatoms. The van der Waals surface area contributed by atoms with Crippen LogP contribution in [0.1, 0.15) is 129 Å². The Morgan fingerprint density at radius 3 is 2.51 bits per heavy atom. The number of likely N-dealkylation sites (tertiary alicyclic amines) is 2. The second-order valence-corrected chi connectivity index (χ2v) is 19.9.